The van der Waals surface area contributed by atoms with Gasteiger partial charge in [-0.15, -0.1) is 0 Å². The number of carboxylic acids is 1. The van der Waals surface area contributed by atoms with Gasteiger partial charge in [0.25, 0.3) is 5.91 Å². The van der Waals surface area contributed by atoms with Crippen LogP contribution < -0.4 is 5.32 Å². The summed E-state index contributed by atoms with van der Waals surface area (Å²) in [5.41, 5.74) is 1.15. The summed E-state index contributed by atoms with van der Waals surface area (Å²) in [6, 6.07) is 11.0. The zero-order chi connectivity index (χ0) is 15.4. The average Bonchev–Trinajstić information content (AvgIpc) is 2.47. The Kier molecular flexibility index (Phi) is 4.33. The third-order valence-electron chi connectivity index (χ3n) is 3.10. The van der Waals surface area contributed by atoms with Crippen LogP contribution in [0.4, 0.5) is 4.39 Å². The molecule has 0 aromatic heterocycles. The SMILES string of the molecule is Cc1ccc(F)cc1C(=O)NC(C(=O)O)c1ccccc1. The lowest BCUT2D eigenvalue weighted by molar-refractivity contribution is -0.139. The van der Waals surface area contributed by atoms with Crippen LogP contribution in [0.1, 0.15) is 27.5 Å². The van der Waals surface area contributed by atoms with Crippen LogP contribution in [0.25, 0.3) is 0 Å². The maximum absolute atomic E-state index is 13.2. The maximum Gasteiger partial charge on any atom is 0.330 e. The Labute approximate surface area is 121 Å². The Balaban J connectivity index is 2.27. The van der Waals surface area contributed by atoms with E-state index in [-0.39, 0.29) is 5.56 Å². The molecule has 0 bridgehead atoms. The fraction of sp³-hybridized carbons (Fsp3) is 0.125. The van der Waals surface area contributed by atoms with Crippen molar-refractivity contribution >= 4 is 11.9 Å². The van der Waals surface area contributed by atoms with E-state index in [0.29, 0.717) is 11.1 Å². The number of halogens is 1. The summed E-state index contributed by atoms with van der Waals surface area (Å²) >= 11 is 0. The van der Waals surface area contributed by atoms with Gasteiger partial charge in [-0.3, -0.25) is 4.79 Å². The summed E-state index contributed by atoms with van der Waals surface area (Å²) < 4.78 is 13.2. The Bertz CT molecular complexity index is 670. The van der Waals surface area contributed by atoms with E-state index in [2.05, 4.69) is 5.32 Å². The Hall–Kier alpha value is -2.69. The van der Waals surface area contributed by atoms with E-state index in [4.69, 9.17) is 0 Å². The van der Waals surface area contributed by atoms with Crippen molar-refractivity contribution in [3.63, 3.8) is 0 Å². The highest BCUT2D eigenvalue weighted by molar-refractivity contribution is 5.98. The van der Waals surface area contributed by atoms with E-state index in [9.17, 15) is 19.1 Å². The summed E-state index contributed by atoms with van der Waals surface area (Å²) in [6.45, 7) is 1.66. The number of rotatable bonds is 4. The first-order valence-corrected chi connectivity index (χ1v) is 6.34. The van der Waals surface area contributed by atoms with Gasteiger partial charge in [0.1, 0.15) is 5.82 Å². The van der Waals surface area contributed by atoms with E-state index in [1.165, 1.54) is 12.1 Å². The molecule has 108 valence electrons. The number of hydrogen-bond donors (Lipinski definition) is 2. The van der Waals surface area contributed by atoms with Gasteiger partial charge in [-0.2, -0.15) is 0 Å². The van der Waals surface area contributed by atoms with Crippen LogP contribution in [-0.2, 0) is 4.79 Å². The van der Waals surface area contributed by atoms with Crippen LogP contribution in [0, 0.1) is 12.7 Å². The van der Waals surface area contributed by atoms with Gasteiger partial charge in [0.2, 0.25) is 0 Å². The monoisotopic (exact) mass is 287 g/mol. The van der Waals surface area contributed by atoms with Gasteiger partial charge < -0.3 is 10.4 Å². The van der Waals surface area contributed by atoms with Crippen LogP contribution in [0.5, 0.6) is 0 Å². The third-order valence-corrected chi connectivity index (χ3v) is 3.10. The lowest BCUT2D eigenvalue weighted by atomic mass is 10.0. The quantitative estimate of drug-likeness (QED) is 0.908. The van der Waals surface area contributed by atoms with Crippen molar-refractivity contribution in [1.29, 1.82) is 0 Å². The number of carbonyl (C=O) groups excluding carboxylic acids is 1. The van der Waals surface area contributed by atoms with E-state index in [0.717, 1.165) is 6.07 Å². The van der Waals surface area contributed by atoms with Crippen molar-refractivity contribution < 1.29 is 19.1 Å². The van der Waals surface area contributed by atoms with Crippen molar-refractivity contribution in [3.05, 3.63) is 71.0 Å². The Morgan fingerprint density at radius 1 is 1.14 bits per heavy atom. The largest absolute Gasteiger partial charge is 0.479 e. The van der Waals surface area contributed by atoms with Crippen molar-refractivity contribution in [2.24, 2.45) is 0 Å². The lowest BCUT2D eigenvalue weighted by Gasteiger charge is -2.15. The van der Waals surface area contributed by atoms with E-state index in [1.807, 2.05) is 0 Å². The van der Waals surface area contributed by atoms with Crippen LogP contribution in [0.2, 0.25) is 0 Å². The minimum Gasteiger partial charge on any atom is -0.479 e. The average molecular weight is 287 g/mol. The summed E-state index contributed by atoms with van der Waals surface area (Å²) in [6.07, 6.45) is 0. The van der Waals surface area contributed by atoms with Gasteiger partial charge >= 0.3 is 5.97 Å². The number of nitrogens with one attached hydrogen (secondary N) is 1. The summed E-state index contributed by atoms with van der Waals surface area (Å²) in [5, 5.41) is 11.7. The van der Waals surface area contributed by atoms with Crippen molar-refractivity contribution in [2.45, 2.75) is 13.0 Å². The van der Waals surface area contributed by atoms with Crippen LogP contribution in [0.3, 0.4) is 0 Å². The molecule has 5 heteroatoms. The zero-order valence-electron chi connectivity index (χ0n) is 11.3. The standard InChI is InChI=1S/C16H14FNO3/c1-10-7-8-12(17)9-13(10)15(19)18-14(16(20)21)11-5-3-2-4-6-11/h2-9,14H,1H3,(H,18,19)(H,20,21). The molecule has 1 atom stereocenters. The molecule has 0 aliphatic carbocycles. The second kappa shape index (κ2) is 6.17. The molecule has 0 heterocycles. The van der Waals surface area contributed by atoms with Crippen LogP contribution in [0.15, 0.2) is 48.5 Å². The smallest absolute Gasteiger partial charge is 0.330 e. The molecular weight excluding hydrogens is 273 g/mol. The van der Waals surface area contributed by atoms with Crippen molar-refractivity contribution in [2.75, 3.05) is 0 Å². The number of aliphatic carboxylic acids is 1. The molecule has 0 fully saturated rings. The van der Waals surface area contributed by atoms with E-state index < -0.39 is 23.7 Å². The number of amides is 1. The Morgan fingerprint density at radius 3 is 2.43 bits per heavy atom. The fourth-order valence-electron chi connectivity index (χ4n) is 1.98. The molecule has 1 unspecified atom stereocenters. The summed E-state index contributed by atoms with van der Waals surface area (Å²) in [7, 11) is 0. The number of carboxylic acid groups (broad SMARTS) is 1. The van der Waals surface area contributed by atoms with E-state index in [1.54, 1.807) is 37.3 Å². The molecule has 0 radical (unpaired) electrons. The maximum atomic E-state index is 13.2. The molecular formula is C16H14FNO3. The molecule has 2 rings (SSSR count). The first-order chi connectivity index (χ1) is 9.99. The van der Waals surface area contributed by atoms with E-state index >= 15 is 0 Å². The Morgan fingerprint density at radius 2 is 1.81 bits per heavy atom. The molecule has 2 N–H and O–H groups in total. The van der Waals surface area contributed by atoms with Gasteiger partial charge in [0.05, 0.1) is 0 Å². The highest BCUT2D eigenvalue weighted by atomic mass is 19.1. The molecule has 21 heavy (non-hydrogen) atoms. The highest BCUT2D eigenvalue weighted by Gasteiger charge is 2.23. The second-order valence-corrected chi connectivity index (χ2v) is 4.61. The molecule has 2 aromatic carbocycles. The van der Waals surface area contributed by atoms with Gasteiger partial charge in [-0.05, 0) is 30.2 Å². The summed E-state index contributed by atoms with van der Waals surface area (Å²) in [5.74, 6) is -2.34. The number of benzene rings is 2. The third kappa shape index (κ3) is 3.45. The fourth-order valence-corrected chi connectivity index (χ4v) is 1.98. The second-order valence-electron chi connectivity index (χ2n) is 4.61. The molecule has 0 saturated heterocycles. The van der Waals surface area contributed by atoms with Crippen LogP contribution >= 0.6 is 0 Å². The number of hydrogen-bond acceptors (Lipinski definition) is 2. The minimum atomic E-state index is -1.18. The van der Waals surface area contributed by atoms with Gasteiger partial charge in [-0.25, -0.2) is 9.18 Å². The topological polar surface area (TPSA) is 66.4 Å². The van der Waals surface area contributed by atoms with Crippen molar-refractivity contribution in [3.8, 4) is 0 Å². The predicted molar refractivity (Wildman–Crippen MR) is 75.4 cm³/mol. The summed E-state index contributed by atoms with van der Waals surface area (Å²) in [4.78, 5) is 23.5. The normalized spacial score (nSPS) is 11.7. The number of carbonyl (C=O) groups is 2. The molecule has 2 aromatic rings. The molecule has 0 aliphatic rings. The molecule has 0 aliphatic heterocycles. The predicted octanol–water partition coefficient (Wildman–Crippen LogP) is 2.69. The lowest BCUT2D eigenvalue weighted by Crippen LogP contribution is -2.34. The highest BCUT2D eigenvalue weighted by Crippen LogP contribution is 2.16. The molecule has 4 nitrogen and oxygen atoms in total. The number of aryl methyl sites for hydroxylation is 1. The van der Waals surface area contributed by atoms with Gasteiger partial charge in [-0.1, -0.05) is 36.4 Å². The van der Waals surface area contributed by atoms with Gasteiger partial charge in [0.15, 0.2) is 6.04 Å². The zero-order valence-corrected chi connectivity index (χ0v) is 11.3. The molecule has 1 amide bonds. The van der Waals surface area contributed by atoms with Crippen LogP contribution in [-0.4, -0.2) is 17.0 Å². The van der Waals surface area contributed by atoms with Crippen molar-refractivity contribution in [1.82, 2.24) is 5.32 Å². The first-order valence-electron chi connectivity index (χ1n) is 6.34. The van der Waals surface area contributed by atoms with Gasteiger partial charge in [0, 0.05) is 5.56 Å². The molecule has 0 spiro atoms. The minimum absolute atomic E-state index is 0.122. The first kappa shape index (κ1) is 14.7. The molecule has 0 saturated carbocycles.